The molecule has 0 radical (unpaired) electrons. The molecule has 1 N–H and O–H groups in total. The molecule has 1 aliphatic heterocycles. The fourth-order valence-corrected chi connectivity index (χ4v) is 3.61. The standard InChI is InChI=1S/C13H17ClFNOS/c1-9(10-2-3-12(14)13(15)8-10)16-11-4-6-18(17)7-5-11/h2-3,8-9,11,16H,4-7H2,1H3. The molecule has 1 fully saturated rings. The third-order valence-corrected chi connectivity index (χ3v) is 5.01. The fourth-order valence-electron chi connectivity index (χ4n) is 2.19. The lowest BCUT2D eigenvalue weighted by molar-refractivity contribution is 0.426. The van der Waals surface area contributed by atoms with Crippen molar-refractivity contribution in [2.75, 3.05) is 11.5 Å². The average molecular weight is 290 g/mol. The quantitative estimate of drug-likeness (QED) is 0.927. The topological polar surface area (TPSA) is 29.1 Å². The minimum absolute atomic E-state index is 0.0771. The predicted molar refractivity (Wildman–Crippen MR) is 73.9 cm³/mol. The number of halogens is 2. The minimum Gasteiger partial charge on any atom is -0.307 e. The first kappa shape index (κ1) is 14.0. The highest BCUT2D eigenvalue weighted by atomic mass is 35.5. The molecule has 18 heavy (non-hydrogen) atoms. The Hall–Kier alpha value is -0.450. The van der Waals surface area contributed by atoms with Gasteiger partial charge in [-0.1, -0.05) is 17.7 Å². The van der Waals surface area contributed by atoms with Crippen molar-refractivity contribution < 1.29 is 8.60 Å². The summed E-state index contributed by atoms with van der Waals surface area (Å²) in [5.41, 5.74) is 0.892. The third kappa shape index (κ3) is 3.53. The molecule has 5 heteroatoms. The molecule has 1 aliphatic rings. The van der Waals surface area contributed by atoms with Crippen LogP contribution in [0.5, 0.6) is 0 Å². The Bertz CT molecular complexity index is 445. The van der Waals surface area contributed by atoms with Gasteiger partial charge in [0, 0.05) is 34.4 Å². The van der Waals surface area contributed by atoms with Crippen molar-refractivity contribution in [2.24, 2.45) is 0 Å². The number of hydrogen-bond donors (Lipinski definition) is 1. The van der Waals surface area contributed by atoms with Crippen molar-refractivity contribution in [3.8, 4) is 0 Å². The second-order valence-corrected chi connectivity index (χ2v) is 6.79. The van der Waals surface area contributed by atoms with E-state index in [-0.39, 0.29) is 16.9 Å². The molecule has 0 spiro atoms. The zero-order chi connectivity index (χ0) is 13.1. The summed E-state index contributed by atoms with van der Waals surface area (Å²) < 4.78 is 24.6. The van der Waals surface area contributed by atoms with Gasteiger partial charge in [0.1, 0.15) is 5.82 Å². The molecule has 1 aromatic rings. The first-order chi connectivity index (χ1) is 8.56. The van der Waals surface area contributed by atoms with Gasteiger partial charge in [-0.05, 0) is 37.5 Å². The zero-order valence-electron chi connectivity index (χ0n) is 10.3. The first-order valence-electron chi connectivity index (χ1n) is 6.12. The summed E-state index contributed by atoms with van der Waals surface area (Å²) in [5, 5.41) is 3.61. The van der Waals surface area contributed by atoms with E-state index in [0.717, 1.165) is 29.9 Å². The molecule has 1 aromatic carbocycles. The van der Waals surface area contributed by atoms with Crippen LogP contribution in [0.15, 0.2) is 18.2 Å². The van der Waals surface area contributed by atoms with E-state index in [4.69, 9.17) is 11.6 Å². The van der Waals surface area contributed by atoms with E-state index in [9.17, 15) is 8.60 Å². The van der Waals surface area contributed by atoms with E-state index in [1.165, 1.54) is 6.07 Å². The lowest BCUT2D eigenvalue weighted by Gasteiger charge is -2.26. The van der Waals surface area contributed by atoms with Gasteiger partial charge in [0.25, 0.3) is 0 Å². The van der Waals surface area contributed by atoms with Gasteiger partial charge >= 0.3 is 0 Å². The third-order valence-electron chi connectivity index (χ3n) is 3.32. The molecule has 100 valence electrons. The Balaban J connectivity index is 1.96. The molecule has 1 heterocycles. The Morgan fingerprint density at radius 2 is 2.11 bits per heavy atom. The monoisotopic (exact) mass is 289 g/mol. The first-order valence-corrected chi connectivity index (χ1v) is 7.99. The van der Waals surface area contributed by atoms with E-state index >= 15 is 0 Å². The summed E-state index contributed by atoms with van der Waals surface area (Å²) in [6, 6.07) is 5.34. The molecule has 0 bridgehead atoms. The second kappa shape index (κ2) is 6.13. The molecule has 2 nitrogen and oxygen atoms in total. The molecule has 2 rings (SSSR count). The van der Waals surface area contributed by atoms with Crippen molar-refractivity contribution in [1.82, 2.24) is 5.32 Å². The summed E-state index contributed by atoms with van der Waals surface area (Å²) in [7, 11) is -0.644. The van der Waals surface area contributed by atoms with Crippen molar-refractivity contribution in [3.63, 3.8) is 0 Å². The maximum Gasteiger partial charge on any atom is 0.142 e. The SMILES string of the molecule is CC(NC1CCS(=O)CC1)c1ccc(Cl)c(F)c1. The van der Waals surface area contributed by atoms with Crippen LogP contribution in [0.25, 0.3) is 0 Å². The zero-order valence-corrected chi connectivity index (χ0v) is 11.9. The predicted octanol–water partition coefficient (Wildman–Crippen LogP) is 3.04. The van der Waals surface area contributed by atoms with E-state index in [0.29, 0.717) is 6.04 Å². The van der Waals surface area contributed by atoms with Crippen LogP contribution in [0.4, 0.5) is 4.39 Å². The van der Waals surface area contributed by atoms with Gasteiger partial charge in [-0.25, -0.2) is 4.39 Å². The molecular formula is C13H17ClFNOS. The summed E-state index contributed by atoms with van der Waals surface area (Å²) in [4.78, 5) is 0. The van der Waals surface area contributed by atoms with Crippen LogP contribution < -0.4 is 5.32 Å². The van der Waals surface area contributed by atoms with Crippen molar-refractivity contribution >= 4 is 22.4 Å². The lowest BCUT2D eigenvalue weighted by Crippen LogP contribution is -2.37. The van der Waals surface area contributed by atoms with Gasteiger partial charge in [0.05, 0.1) is 5.02 Å². The van der Waals surface area contributed by atoms with Gasteiger partial charge in [-0.3, -0.25) is 4.21 Å². The van der Waals surface area contributed by atoms with Crippen molar-refractivity contribution in [3.05, 3.63) is 34.6 Å². The Morgan fingerprint density at radius 1 is 1.44 bits per heavy atom. The van der Waals surface area contributed by atoms with E-state index in [1.807, 2.05) is 13.0 Å². The van der Waals surface area contributed by atoms with Gasteiger partial charge < -0.3 is 5.32 Å². The van der Waals surface area contributed by atoms with Crippen LogP contribution in [0.1, 0.15) is 31.4 Å². The molecule has 1 unspecified atom stereocenters. The fraction of sp³-hybridized carbons (Fsp3) is 0.538. The largest absolute Gasteiger partial charge is 0.307 e. The van der Waals surface area contributed by atoms with Crippen LogP contribution >= 0.6 is 11.6 Å². The van der Waals surface area contributed by atoms with Gasteiger partial charge in [-0.15, -0.1) is 0 Å². The number of nitrogens with one attached hydrogen (secondary N) is 1. The smallest absolute Gasteiger partial charge is 0.142 e. The lowest BCUT2D eigenvalue weighted by atomic mass is 10.1. The molecule has 1 atom stereocenters. The molecule has 0 amide bonds. The number of benzene rings is 1. The van der Waals surface area contributed by atoms with E-state index in [2.05, 4.69) is 5.32 Å². The van der Waals surface area contributed by atoms with E-state index in [1.54, 1.807) is 6.07 Å². The Kier molecular flexibility index (Phi) is 4.76. The molecule has 0 aliphatic carbocycles. The average Bonchev–Trinajstić information content (AvgIpc) is 2.35. The number of hydrogen-bond acceptors (Lipinski definition) is 2. The highest BCUT2D eigenvalue weighted by molar-refractivity contribution is 7.85. The number of rotatable bonds is 3. The highest BCUT2D eigenvalue weighted by Crippen LogP contribution is 2.21. The molecule has 0 saturated carbocycles. The second-order valence-electron chi connectivity index (χ2n) is 4.68. The van der Waals surface area contributed by atoms with Crippen LogP contribution in [0.3, 0.4) is 0 Å². The maximum absolute atomic E-state index is 13.4. The van der Waals surface area contributed by atoms with Crippen molar-refractivity contribution in [1.29, 1.82) is 0 Å². The Morgan fingerprint density at radius 3 is 2.72 bits per heavy atom. The van der Waals surface area contributed by atoms with Crippen LogP contribution in [0, 0.1) is 5.82 Å². The minimum atomic E-state index is -0.644. The maximum atomic E-state index is 13.4. The van der Waals surface area contributed by atoms with Crippen LogP contribution in [0.2, 0.25) is 5.02 Å². The molecular weight excluding hydrogens is 273 g/mol. The van der Waals surface area contributed by atoms with Gasteiger partial charge in [0.2, 0.25) is 0 Å². The Labute approximate surface area is 114 Å². The molecule has 0 aromatic heterocycles. The summed E-state index contributed by atoms with van der Waals surface area (Å²) in [5.74, 6) is 1.14. The van der Waals surface area contributed by atoms with Crippen molar-refractivity contribution in [2.45, 2.75) is 31.8 Å². The highest BCUT2D eigenvalue weighted by Gasteiger charge is 2.20. The van der Waals surface area contributed by atoms with Crippen LogP contribution in [-0.2, 0) is 10.8 Å². The summed E-state index contributed by atoms with van der Waals surface area (Å²) in [6.45, 7) is 2.01. The van der Waals surface area contributed by atoms with E-state index < -0.39 is 10.8 Å². The summed E-state index contributed by atoms with van der Waals surface area (Å²) in [6.07, 6.45) is 1.85. The van der Waals surface area contributed by atoms with Gasteiger partial charge in [0.15, 0.2) is 0 Å². The van der Waals surface area contributed by atoms with Crippen LogP contribution in [-0.4, -0.2) is 21.8 Å². The normalized spacial score (nSPS) is 25.9. The molecule has 1 saturated heterocycles. The summed E-state index contributed by atoms with van der Waals surface area (Å²) >= 11 is 5.66. The van der Waals surface area contributed by atoms with Gasteiger partial charge in [-0.2, -0.15) is 0 Å².